The fraction of sp³-hybridized carbons (Fsp3) is 0.350. The van der Waals surface area contributed by atoms with Crippen molar-refractivity contribution in [3.63, 3.8) is 0 Å². The molecule has 2 aliphatic heterocycles. The number of carbonyl (C=O) groups is 2. The number of rotatable bonds is 2. The van der Waals surface area contributed by atoms with Gasteiger partial charge in [-0.25, -0.2) is 0 Å². The lowest BCUT2D eigenvalue weighted by Crippen LogP contribution is -2.41. The average molecular weight is 351 g/mol. The van der Waals surface area contributed by atoms with Gasteiger partial charge < -0.3 is 14.5 Å². The van der Waals surface area contributed by atoms with Crippen LogP contribution in [0.5, 0.6) is 0 Å². The molecule has 26 heavy (non-hydrogen) atoms. The van der Waals surface area contributed by atoms with Crippen LogP contribution in [0.25, 0.3) is 0 Å². The summed E-state index contributed by atoms with van der Waals surface area (Å²) >= 11 is 0. The smallest absolute Gasteiger partial charge is 0.272 e. The van der Waals surface area contributed by atoms with Crippen molar-refractivity contribution < 1.29 is 14.3 Å². The summed E-state index contributed by atoms with van der Waals surface area (Å²) in [7, 11) is 0. The summed E-state index contributed by atoms with van der Waals surface area (Å²) in [4.78, 5) is 33.5. The second kappa shape index (κ2) is 6.88. The van der Waals surface area contributed by atoms with Gasteiger partial charge in [-0.2, -0.15) is 0 Å². The van der Waals surface area contributed by atoms with Gasteiger partial charge in [0.15, 0.2) is 0 Å². The second-order valence-electron chi connectivity index (χ2n) is 6.69. The van der Waals surface area contributed by atoms with Crippen molar-refractivity contribution in [3.05, 3.63) is 59.4 Å². The summed E-state index contributed by atoms with van der Waals surface area (Å²) in [5, 5.41) is 0. The molecular weight excluding hydrogens is 330 g/mol. The van der Waals surface area contributed by atoms with Crippen LogP contribution in [0.1, 0.15) is 33.3 Å². The highest BCUT2D eigenvalue weighted by molar-refractivity contribution is 6.08. The first-order valence-electron chi connectivity index (χ1n) is 8.89. The molecule has 2 aliphatic rings. The number of amides is 2. The molecule has 3 heterocycles. The van der Waals surface area contributed by atoms with Crippen LogP contribution in [0, 0.1) is 0 Å². The normalized spacial score (nSPS) is 19.3. The number of pyridine rings is 1. The van der Waals surface area contributed by atoms with E-state index >= 15 is 0 Å². The lowest BCUT2D eigenvalue weighted by Gasteiger charge is -2.27. The molecule has 0 aliphatic carbocycles. The number of nitrogens with zero attached hydrogens (tertiary/aromatic N) is 3. The van der Waals surface area contributed by atoms with Crippen molar-refractivity contribution in [2.24, 2.45) is 0 Å². The molecule has 6 nitrogen and oxygen atoms in total. The molecule has 6 heteroatoms. The SMILES string of the molecule is CC1Cc2ccccc2N1C(=O)c1ccnc(C(=O)N2CCOCC2)c1. The lowest BCUT2D eigenvalue weighted by atomic mass is 10.1. The first kappa shape index (κ1) is 16.7. The first-order valence-corrected chi connectivity index (χ1v) is 8.89. The zero-order valence-electron chi connectivity index (χ0n) is 14.7. The van der Waals surface area contributed by atoms with Gasteiger partial charge in [-0.05, 0) is 37.1 Å². The van der Waals surface area contributed by atoms with Crippen molar-refractivity contribution in [2.75, 3.05) is 31.2 Å². The number of para-hydroxylation sites is 1. The van der Waals surface area contributed by atoms with Gasteiger partial charge in [-0.15, -0.1) is 0 Å². The Bertz CT molecular complexity index is 846. The largest absolute Gasteiger partial charge is 0.378 e. The summed E-state index contributed by atoms with van der Waals surface area (Å²) in [5.41, 5.74) is 2.91. The van der Waals surface area contributed by atoms with Gasteiger partial charge in [0.2, 0.25) is 0 Å². The number of morpholine rings is 1. The minimum Gasteiger partial charge on any atom is -0.378 e. The van der Waals surface area contributed by atoms with Crippen molar-refractivity contribution in [2.45, 2.75) is 19.4 Å². The number of hydrogen-bond donors (Lipinski definition) is 0. The van der Waals surface area contributed by atoms with Crippen LogP contribution in [0.15, 0.2) is 42.6 Å². The van der Waals surface area contributed by atoms with Gasteiger partial charge >= 0.3 is 0 Å². The molecule has 0 bridgehead atoms. The Hall–Kier alpha value is -2.73. The van der Waals surface area contributed by atoms with Crippen LogP contribution in [-0.4, -0.2) is 54.0 Å². The van der Waals surface area contributed by atoms with Crippen LogP contribution in [0.2, 0.25) is 0 Å². The number of ether oxygens (including phenoxy) is 1. The van der Waals surface area contributed by atoms with Gasteiger partial charge in [-0.3, -0.25) is 14.6 Å². The van der Waals surface area contributed by atoms with E-state index in [1.807, 2.05) is 30.0 Å². The fourth-order valence-electron chi connectivity index (χ4n) is 3.62. The van der Waals surface area contributed by atoms with Crippen molar-refractivity contribution in [3.8, 4) is 0 Å². The average Bonchev–Trinajstić information content (AvgIpc) is 3.03. The highest BCUT2D eigenvalue weighted by Crippen LogP contribution is 2.33. The van der Waals surface area contributed by atoms with E-state index in [0.717, 1.165) is 12.1 Å². The molecule has 4 rings (SSSR count). The molecule has 134 valence electrons. The minimum atomic E-state index is -0.155. The molecule has 2 aromatic rings. The molecule has 1 aromatic heterocycles. The van der Waals surface area contributed by atoms with E-state index in [0.29, 0.717) is 37.6 Å². The summed E-state index contributed by atoms with van der Waals surface area (Å²) < 4.78 is 5.29. The van der Waals surface area contributed by atoms with Gasteiger partial charge in [0, 0.05) is 36.6 Å². The van der Waals surface area contributed by atoms with Crippen LogP contribution < -0.4 is 4.90 Å². The monoisotopic (exact) mass is 351 g/mol. The van der Waals surface area contributed by atoms with Gasteiger partial charge in [0.1, 0.15) is 5.69 Å². The number of anilines is 1. The fourth-order valence-corrected chi connectivity index (χ4v) is 3.62. The van der Waals surface area contributed by atoms with Crippen LogP contribution >= 0.6 is 0 Å². The molecular formula is C20H21N3O3. The van der Waals surface area contributed by atoms with Crippen LogP contribution in [0.3, 0.4) is 0 Å². The molecule has 1 saturated heterocycles. The number of carbonyl (C=O) groups excluding carboxylic acids is 2. The Labute approximate surface area is 152 Å². The Morgan fingerprint density at radius 1 is 1.12 bits per heavy atom. The predicted octanol–water partition coefficient (Wildman–Crippen LogP) is 2.15. The quantitative estimate of drug-likeness (QED) is 0.832. The summed E-state index contributed by atoms with van der Waals surface area (Å²) in [5.74, 6) is -0.251. The number of fused-ring (bicyclic) bond motifs is 1. The molecule has 1 fully saturated rings. The van der Waals surface area contributed by atoms with E-state index < -0.39 is 0 Å². The topological polar surface area (TPSA) is 62.7 Å². The molecule has 1 aromatic carbocycles. The molecule has 0 radical (unpaired) electrons. The van der Waals surface area contributed by atoms with Crippen LogP contribution in [-0.2, 0) is 11.2 Å². The van der Waals surface area contributed by atoms with E-state index in [4.69, 9.17) is 4.74 Å². The molecule has 1 atom stereocenters. The molecule has 0 saturated carbocycles. The number of hydrogen-bond acceptors (Lipinski definition) is 4. The first-order chi connectivity index (χ1) is 12.6. The third-order valence-corrected chi connectivity index (χ3v) is 4.95. The minimum absolute atomic E-state index is 0.0893. The predicted molar refractivity (Wildman–Crippen MR) is 97.4 cm³/mol. The Morgan fingerprint density at radius 3 is 2.69 bits per heavy atom. The molecule has 1 unspecified atom stereocenters. The van der Waals surface area contributed by atoms with Gasteiger partial charge in [0.05, 0.1) is 13.2 Å². The van der Waals surface area contributed by atoms with Crippen LogP contribution in [0.4, 0.5) is 5.69 Å². The maximum absolute atomic E-state index is 13.1. The van der Waals surface area contributed by atoms with E-state index in [2.05, 4.69) is 11.1 Å². The summed E-state index contributed by atoms with van der Waals surface area (Å²) in [6, 6.07) is 11.3. The highest BCUT2D eigenvalue weighted by atomic mass is 16.5. The van der Waals surface area contributed by atoms with Crippen molar-refractivity contribution >= 4 is 17.5 Å². The maximum atomic E-state index is 13.1. The third-order valence-electron chi connectivity index (χ3n) is 4.95. The third kappa shape index (κ3) is 2.97. The van der Waals surface area contributed by atoms with Crippen molar-refractivity contribution in [1.29, 1.82) is 0 Å². The van der Waals surface area contributed by atoms with E-state index in [1.165, 1.54) is 11.8 Å². The molecule has 0 spiro atoms. The second-order valence-corrected chi connectivity index (χ2v) is 6.69. The molecule has 2 amide bonds. The number of aromatic nitrogens is 1. The summed E-state index contributed by atoms with van der Waals surface area (Å²) in [6.07, 6.45) is 2.38. The molecule has 0 N–H and O–H groups in total. The highest BCUT2D eigenvalue weighted by Gasteiger charge is 2.31. The Kier molecular flexibility index (Phi) is 4.42. The lowest BCUT2D eigenvalue weighted by molar-refractivity contribution is 0.0299. The Morgan fingerprint density at radius 2 is 1.88 bits per heavy atom. The number of benzene rings is 1. The zero-order valence-corrected chi connectivity index (χ0v) is 14.7. The van der Waals surface area contributed by atoms with Crippen molar-refractivity contribution in [1.82, 2.24) is 9.88 Å². The summed E-state index contributed by atoms with van der Waals surface area (Å²) in [6.45, 7) is 4.21. The maximum Gasteiger partial charge on any atom is 0.272 e. The van der Waals surface area contributed by atoms with E-state index in [1.54, 1.807) is 17.0 Å². The standard InChI is InChI=1S/C20H21N3O3/c1-14-12-15-4-2-3-5-18(15)23(14)19(24)16-6-7-21-17(13-16)20(25)22-8-10-26-11-9-22/h2-7,13-14H,8-12H2,1H3. The zero-order chi connectivity index (χ0) is 18.1. The van der Waals surface area contributed by atoms with E-state index in [9.17, 15) is 9.59 Å². The van der Waals surface area contributed by atoms with Gasteiger partial charge in [-0.1, -0.05) is 18.2 Å². The Balaban J connectivity index is 1.60. The van der Waals surface area contributed by atoms with E-state index in [-0.39, 0.29) is 17.9 Å². The van der Waals surface area contributed by atoms with Gasteiger partial charge in [0.25, 0.3) is 11.8 Å².